The number of amides is 1. The molecule has 10 heteroatoms. The maximum atomic E-state index is 11.7. The molecule has 0 heterocycles. The Morgan fingerprint density at radius 1 is 1.35 bits per heavy atom. The van der Waals surface area contributed by atoms with Crippen molar-refractivity contribution in [3.63, 3.8) is 0 Å². The van der Waals surface area contributed by atoms with E-state index in [9.17, 15) is 23.3 Å². The van der Waals surface area contributed by atoms with Crippen LogP contribution in [-0.2, 0) is 14.8 Å². The summed E-state index contributed by atoms with van der Waals surface area (Å²) in [6.07, 6.45) is 2.99. The first-order valence-corrected chi connectivity index (χ1v) is 8.55. The van der Waals surface area contributed by atoms with E-state index in [-0.39, 0.29) is 17.1 Å². The van der Waals surface area contributed by atoms with Gasteiger partial charge in [-0.25, -0.2) is 13.6 Å². The molecular formula is C13H18N4O5S. The van der Waals surface area contributed by atoms with Crippen molar-refractivity contribution in [3.05, 3.63) is 28.3 Å². The van der Waals surface area contributed by atoms with Crippen molar-refractivity contribution in [2.45, 2.75) is 30.6 Å². The van der Waals surface area contributed by atoms with E-state index in [1.807, 2.05) is 0 Å². The summed E-state index contributed by atoms with van der Waals surface area (Å²) in [7, 11) is -4.04. The smallest absolute Gasteiger partial charge is 0.293 e. The number of benzene rings is 1. The molecule has 2 rings (SSSR count). The van der Waals surface area contributed by atoms with Crippen molar-refractivity contribution >= 4 is 27.3 Å². The number of nitro groups is 1. The van der Waals surface area contributed by atoms with Crippen LogP contribution in [0.4, 0.5) is 11.4 Å². The molecule has 1 aromatic rings. The Bertz CT molecular complexity index is 741. The quantitative estimate of drug-likeness (QED) is 0.509. The largest absolute Gasteiger partial charge is 0.378 e. The maximum Gasteiger partial charge on any atom is 0.293 e. The molecule has 1 aromatic carbocycles. The van der Waals surface area contributed by atoms with Crippen LogP contribution in [0.5, 0.6) is 0 Å². The minimum atomic E-state index is -4.04. The molecule has 0 aliphatic heterocycles. The first-order chi connectivity index (χ1) is 10.7. The van der Waals surface area contributed by atoms with Gasteiger partial charge < -0.3 is 11.1 Å². The number of nitrogens with one attached hydrogen (secondary N) is 1. The molecule has 0 atom stereocenters. The average molecular weight is 342 g/mol. The molecule has 0 radical (unpaired) electrons. The molecule has 0 saturated heterocycles. The number of rotatable bonds is 6. The van der Waals surface area contributed by atoms with Gasteiger partial charge in [0.05, 0.1) is 15.2 Å². The van der Waals surface area contributed by atoms with Crippen LogP contribution in [0.15, 0.2) is 23.1 Å². The predicted molar refractivity (Wildman–Crippen MR) is 83.1 cm³/mol. The van der Waals surface area contributed by atoms with Crippen molar-refractivity contribution in [2.75, 3.05) is 11.9 Å². The lowest BCUT2D eigenvalue weighted by molar-refractivity contribution is -0.384. The summed E-state index contributed by atoms with van der Waals surface area (Å²) >= 11 is 0. The third-order valence-electron chi connectivity index (χ3n) is 4.20. The van der Waals surface area contributed by atoms with E-state index in [1.165, 1.54) is 12.1 Å². The highest BCUT2D eigenvalue weighted by Crippen LogP contribution is 2.38. The Labute approximate surface area is 133 Å². The van der Waals surface area contributed by atoms with Gasteiger partial charge >= 0.3 is 0 Å². The number of carbonyl (C=O) groups excluding carboxylic acids is 1. The Morgan fingerprint density at radius 2 is 1.96 bits per heavy atom. The average Bonchev–Trinajstić information content (AvgIpc) is 2.94. The Kier molecular flexibility index (Phi) is 4.57. The van der Waals surface area contributed by atoms with Crippen molar-refractivity contribution in [3.8, 4) is 0 Å². The number of nitrogens with zero attached hydrogens (tertiary/aromatic N) is 1. The molecule has 1 aliphatic carbocycles. The molecule has 1 amide bonds. The fourth-order valence-corrected chi connectivity index (χ4v) is 3.35. The standard InChI is InChI=1S/C13H18N4O5S/c14-12(18)13(5-1-2-6-13)8-16-10-4-3-9(23(15,21)22)7-11(10)17(19)20/h3-4,7,16H,1-2,5-6,8H2,(H2,14,18)(H2,15,21,22). The summed E-state index contributed by atoms with van der Waals surface area (Å²) in [5, 5.41) is 19.0. The molecule has 0 bridgehead atoms. The van der Waals surface area contributed by atoms with Crippen LogP contribution in [0, 0.1) is 15.5 Å². The van der Waals surface area contributed by atoms with Crippen LogP contribution in [0.25, 0.3) is 0 Å². The van der Waals surface area contributed by atoms with Crippen LogP contribution in [0.1, 0.15) is 25.7 Å². The van der Waals surface area contributed by atoms with Gasteiger partial charge in [0.1, 0.15) is 5.69 Å². The van der Waals surface area contributed by atoms with Gasteiger partial charge in [-0.05, 0) is 25.0 Å². The van der Waals surface area contributed by atoms with Gasteiger partial charge in [0.2, 0.25) is 15.9 Å². The van der Waals surface area contributed by atoms with Gasteiger partial charge in [0.25, 0.3) is 5.69 Å². The first-order valence-electron chi connectivity index (χ1n) is 7.01. The lowest BCUT2D eigenvalue weighted by atomic mass is 9.85. The minimum Gasteiger partial charge on any atom is -0.378 e. The highest BCUT2D eigenvalue weighted by Gasteiger charge is 2.39. The molecule has 0 aromatic heterocycles. The van der Waals surface area contributed by atoms with E-state index in [0.717, 1.165) is 18.9 Å². The van der Waals surface area contributed by atoms with Gasteiger partial charge in [0, 0.05) is 12.6 Å². The third kappa shape index (κ3) is 3.59. The van der Waals surface area contributed by atoms with Gasteiger partial charge in [-0.1, -0.05) is 12.8 Å². The molecule has 9 nitrogen and oxygen atoms in total. The minimum absolute atomic E-state index is 0.120. The van der Waals surface area contributed by atoms with E-state index >= 15 is 0 Å². The molecule has 5 N–H and O–H groups in total. The monoisotopic (exact) mass is 342 g/mol. The summed E-state index contributed by atoms with van der Waals surface area (Å²) in [5.41, 5.74) is 4.44. The van der Waals surface area contributed by atoms with Crippen molar-refractivity contribution in [1.29, 1.82) is 0 Å². The highest BCUT2D eigenvalue weighted by atomic mass is 32.2. The highest BCUT2D eigenvalue weighted by molar-refractivity contribution is 7.89. The first kappa shape index (κ1) is 17.2. The molecular weight excluding hydrogens is 324 g/mol. The Balaban J connectivity index is 2.29. The van der Waals surface area contributed by atoms with E-state index in [1.54, 1.807) is 0 Å². The lowest BCUT2D eigenvalue weighted by Crippen LogP contribution is -2.40. The molecule has 23 heavy (non-hydrogen) atoms. The zero-order chi connectivity index (χ0) is 17.3. The normalized spacial score (nSPS) is 16.9. The van der Waals surface area contributed by atoms with E-state index in [4.69, 9.17) is 10.9 Å². The molecule has 0 unspecified atom stereocenters. The third-order valence-corrected chi connectivity index (χ3v) is 5.11. The molecule has 0 spiro atoms. The van der Waals surface area contributed by atoms with Gasteiger partial charge in [-0.15, -0.1) is 0 Å². The summed E-state index contributed by atoms with van der Waals surface area (Å²) < 4.78 is 22.6. The predicted octanol–water partition coefficient (Wildman–Crippen LogP) is 0.700. The van der Waals surface area contributed by atoms with Crippen molar-refractivity contribution in [2.24, 2.45) is 16.3 Å². The maximum absolute atomic E-state index is 11.7. The second-order valence-corrected chi connectivity index (χ2v) is 7.25. The number of sulfonamides is 1. The SMILES string of the molecule is NC(=O)C1(CNc2ccc(S(N)(=O)=O)cc2[N+](=O)[O-])CCCC1. The van der Waals surface area contributed by atoms with Crippen LogP contribution >= 0.6 is 0 Å². The van der Waals surface area contributed by atoms with Gasteiger partial charge in [-0.2, -0.15) is 0 Å². The number of nitrogens with two attached hydrogens (primary N) is 2. The van der Waals surface area contributed by atoms with E-state index in [2.05, 4.69) is 5.32 Å². The second-order valence-electron chi connectivity index (χ2n) is 5.69. The zero-order valence-electron chi connectivity index (χ0n) is 12.3. The van der Waals surface area contributed by atoms with Gasteiger partial charge in [0.15, 0.2) is 0 Å². The van der Waals surface area contributed by atoms with Crippen LogP contribution in [-0.4, -0.2) is 25.8 Å². The number of hydrogen-bond donors (Lipinski definition) is 3. The number of anilines is 1. The van der Waals surface area contributed by atoms with Crippen molar-refractivity contribution in [1.82, 2.24) is 0 Å². The Morgan fingerprint density at radius 3 is 2.43 bits per heavy atom. The van der Waals surface area contributed by atoms with Crippen LogP contribution in [0.2, 0.25) is 0 Å². The topological polar surface area (TPSA) is 158 Å². The lowest BCUT2D eigenvalue weighted by Gasteiger charge is -2.25. The summed E-state index contributed by atoms with van der Waals surface area (Å²) in [6, 6.07) is 3.33. The summed E-state index contributed by atoms with van der Waals surface area (Å²) in [4.78, 5) is 21.8. The molecule has 126 valence electrons. The fourth-order valence-electron chi connectivity index (χ4n) is 2.82. The molecule has 1 aliphatic rings. The molecule has 1 saturated carbocycles. The summed E-state index contributed by atoms with van der Waals surface area (Å²) in [6.45, 7) is 0.165. The number of carbonyl (C=O) groups is 1. The van der Waals surface area contributed by atoms with Crippen molar-refractivity contribution < 1.29 is 18.1 Å². The van der Waals surface area contributed by atoms with Gasteiger partial charge in [-0.3, -0.25) is 14.9 Å². The molecule has 1 fully saturated rings. The van der Waals surface area contributed by atoms with E-state index in [0.29, 0.717) is 12.8 Å². The second kappa shape index (κ2) is 6.13. The van der Waals surface area contributed by atoms with Crippen LogP contribution < -0.4 is 16.2 Å². The Hall–Kier alpha value is -2.20. The number of primary amides is 1. The zero-order valence-corrected chi connectivity index (χ0v) is 13.1. The number of primary sulfonamides is 1. The van der Waals surface area contributed by atoms with Crippen LogP contribution in [0.3, 0.4) is 0 Å². The fraction of sp³-hybridized carbons (Fsp3) is 0.462. The van der Waals surface area contributed by atoms with E-state index < -0.39 is 32.0 Å². The number of hydrogen-bond acceptors (Lipinski definition) is 6. The number of nitro benzene ring substituents is 1. The summed E-state index contributed by atoms with van der Waals surface area (Å²) in [5.74, 6) is -0.439.